The Morgan fingerprint density at radius 3 is 3.00 bits per heavy atom. The Bertz CT molecular complexity index is 671. The molecule has 0 bridgehead atoms. The predicted octanol–water partition coefficient (Wildman–Crippen LogP) is 1.30. The number of H-pyrrole nitrogens is 1. The van der Waals surface area contributed by atoms with Crippen molar-refractivity contribution in [2.45, 2.75) is 43.9 Å². The van der Waals surface area contributed by atoms with Gasteiger partial charge >= 0.3 is 0 Å². The molecule has 2 aliphatic carbocycles. The summed E-state index contributed by atoms with van der Waals surface area (Å²) in [5, 5.41) is 10.6. The lowest BCUT2D eigenvalue weighted by Gasteiger charge is -2.19. The van der Waals surface area contributed by atoms with Gasteiger partial charge in [0.2, 0.25) is 5.89 Å². The molecule has 6 heteroatoms. The van der Waals surface area contributed by atoms with Gasteiger partial charge < -0.3 is 4.52 Å². The Morgan fingerprint density at radius 2 is 2.16 bits per heavy atom. The second-order valence-electron chi connectivity index (χ2n) is 5.41. The van der Waals surface area contributed by atoms with E-state index in [1.807, 2.05) is 0 Å². The largest absolute Gasteiger partial charge is 0.339 e. The first-order valence-electron chi connectivity index (χ1n) is 6.70. The van der Waals surface area contributed by atoms with E-state index in [1.54, 1.807) is 6.07 Å². The topological polar surface area (TPSA) is 84.7 Å². The lowest BCUT2D eigenvalue weighted by Crippen LogP contribution is -2.19. The zero-order valence-corrected chi connectivity index (χ0v) is 10.4. The summed E-state index contributed by atoms with van der Waals surface area (Å²) in [5.41, 5.74) is 1.84. The lowest BCUT2D eigenvalue weighted by atomic mass is 9.87. The number of fused-ring (bicyclic) bond motifs is 1. The van der Waals surface area contributed by atoms with Crippen LogP contribution in [0.5, 0.6) is 0 Å². The number of nitrogens with one attached hydrogen (secondary N) is 1. The second kappa shape index (κ2) is 4.01. The van der Waals surface area contributed by atoms with Crippen molar-refractivity contribution in [3.8, 4) is 0 Å². The molecule has 0 spiro atoms. The van der Waals surface area contributed by atoms with Crippen LogP contribution >= 0.6 is 0 Å². The Kier molecular flexibility index (Phi) is 2.30. The fraction of sp³-hybridized carbons (Fsp3) is 0.538. The lowest BCUT2D eigenvalue weighted by molar-refractivity contribution is 0.336. The maximum atomic E-state index is 11.3. The van der Waals surface area contributed by atoms with E-state index >= 15 is 0 Å². The zero-order chi connectivity index (χ0) is 12.8. The molecule has 19 heavy (non-hydrogen) atoms. The third-order valence-corrected chi connectivity index (χ3v) is 3.92. The van der Waals surface area contributed by atoms with Gasteiger partial charge in [0.1, 0.15) is 0 Å². The van der Waals surface area contributed by atoms with Gasteiger partial charge in [-0.25, -0.2) is 5.10 Å². The third kappa shape index (κ3) is 1.97. The van der Waals surface area contributed by atoms with Crippen LogP contribution in [0.25, 0.3) is 0 Å². The molecule has 0 aromatic carbocycles. The molecular formula is C13H14N4O2. The van der Waals surface area contributed by atoms with E-state index in [0.717, 1.165) is 36.3 Å². The first kappa shape index (κ1) is 10.9. The molecule has 6 nitrogen and oxygen atoms in total. The van der Waals surface area contributed by atoms with Gasteiger partial charge in [0, 0.05) is 17.9 Å². The number of rotatable bonds is 2. The van der Waals surface area contributed by atoms with Crippen LogP contribution in [0.15, 0.2) is 15.4 Å². The summed E-state index contributed by atoms with van der Waals surface area (Å²) in [7, 11) is 0. The summed E-state index contributed by atoms with van der Waals surface area (Å²) >= 11 is 0. The minimum atomic E-state index is -0.149. The molecule has 0 amide bonds. The van der Waals surface area contributed by atoms with Crippen molar-refractivity contribution in [1.82, 2.24) is 20.3 Å². The minimum Gasteiger partial charge on any atom is -0.339 e. The molecule has 1 atom stereocenters. The van der Waals surface area contributed by atoms with Crippen molar-refractivity contribution in [2.75, 3.05) is 0 Å². The molecule has 0 unspecified atom stereocenters. The van der Waals surface area contributed by atoms with Gasteiger partial charge in [-0.1, -0.05) is 5.16 Å². The second-order valence-corrected chi connectivity index (χ2v) is 5.41. The predicted molar refractivity (Wildman–Crippen MR) is 65.9 cm³/mol. The molecule has 2 aromatic heterocycles. The molecule has 0 radical (unpaired) electrons. The molecule has 2 heterocycles. The molecule has 1 fully saturated rings. The quantitative estimate of drug-likeness (QED) is 0.877. The molecule has 98 valence electrons. The van der Waals surface area contributed by atoms with Crippen LogP contribution in [0.1, 0.15) is 54.1 Å². The maximum absolute atomic E-state index is 11.3. The minimum absolute atomic E-state index is 0.149. The average molecular weight is 258 g/mol. The smallest absolute Gasteiger partial charge is 0.264 e. The molecular weight excluding hydrogens is 244 g/mol. The highest BCUT2D eigenvalue weighted by Gasteiger charge is 2.31. The fourth-order valence-electron chi connectivity index (χ4n) is 2.67. The monoisotopic (exact) mass is 258 g/mol. The maximum Gasteiger partial charge on any atom is 0.264 e. The number of aryl methyl sites for hydroxylation is 1. The van der Waals surface area contributed by atoms with E-state index in [2.05, 4.69) is 20.3 Å². The number of aromatic nitrogens is 4. The summed E-state index contributed by atoms with van der Waals surface area (Å²) in [6, 6.07) is 1.63. The summed E-state index contributed by atoms with van der Waals surface area (Å²) in [6.45, 7) is 0. The summed E-state index contributed by atoms with van der Waals surface area (Å²) in [4.78, 5) is 15.8. The van der Waals surface area contributed by atoms with Crippen molar-refractivity contribution in [3.05, 3.63) is 39.4 Å². The molecule has 1 saturated carbocycles. The normalized spacial score (nSPS) is 22.2. The first-order chi connectivity index (χ1) is 9.29. The van der Waals surface area contributed by atoms with E-state index in [9.17, 15) is 4.79 Å². The van der Waals surface area contributed by atoms with E-state index in [0.29, 0.717) is 11.8 Å². The van der Waals surface area contributed by atoms with Crippen LogP contribution in [0.2, 0.25) is 0 Å². The van der Waals surface area contributed by atoms with Crippen molar-refractivity contribution < 1.29 is 4.52 Å². The number of nitrogens with zero attached hydrogens (tertiary/aromatic N) is 3. The van der Waals surface area contributed by atoms with Crippen LogP contribution in [0, 0.1) is 0 Å². The van der Waals surface area contributed by atoms with Crippen molar-refractivity contribution in [2.24, 2.45) is 0 Å². The number of hydrogen-bond acceptors (Lipinski definition) is 5. The molecule has 2 aliphatic rings. The van der Waals surface area contributed by atoms with Crippen LogP contribution in [0.3, 0.4) is 0 Å². The van der Waals surface area contributed by atoms with Gasteiger partial charge in [-0.15, -0.1) is 0 Å². The highest BCUT2D eigenvalue weighted by Crippen LogP contribution is 2.39. The SMILES string of the molecule is O=c1cc2c(n[nH]1)CC[C@H](c1nc(C3CC3)no1)C2. The average Bonchev–Trinajstić information content (AvgIpc) is 3.16. The number of aromatic amines is 1. The van der Waals surface area contributed by atoms with E-state index in [1.165, 1.54) is 12.8 Å². The Morgan fingerprint density at radius 1 is 1.26 bits per heavy atom. The van der Waals surface area contributed by atoms with Crippen molar-refractivity contribution in [1.29, 1.82) is 0 Å². The van der Waals surface area contributed by atoms with Gasteiger partial charge in [0.25, 0.3) is 5.56 Å². The molecule has 2 aromatic rings. The van der Waals surface area contributed by atoms with Gasteiger partial charge in [0.15, 0.2) is 5.82 Å². The van der Waals surface area contributed by atoms with Crippen molar-refractivity contribution >= 4 is 0 Å². The Balaban J connectivity index is 1.61. The molecule has 0 saturated heterocycles. The van der Waals surface area contributed by atoms with Gasteiger partial charge in [-0.05, 0) is 37.7 Å². The van der Waals surface area contributed by atoms with Crippen LogP contribution in [0.4, 0.5) is 0 Å². The van der Waals surface area contributed by atoms with E-state index in [-0.39, 0.29) is 11.5 Å². The van der Waals surface area contributed by atoms with E-state index < -0.39 is 0 Å². The van der Waals surface area contributed by atoms with Gasteiger partial charge in [0.05, 0.1) is 5.69 Å². The zero-order valence-electron chi connectivity index (χ0n) is 10.4. The Hall–Kier alpha value is -1.98. The summed E-state index contributed by atoms with van der Waals surface area (Å²) < 4.78 is 5.38. The fourth-order valence-corrected chi connectivity index (χ4v) is 2.67. The highest BCUT2D eigenvalue weighted by atomic mass is 16.5. The summed E-state index contributed by atoms with van der Waals surface area (Å²) in [5.74, 6) is 2.30. The Labute approximate surface area is 109 Å². The molecule has 4 rings (SSSR count). The van der Waals surface area contributed by atoms with Gasteiger partial charge in [-0.2, -0.15) is 10.1 Å². The molecule has 1 N–H and O–H groups in total. The summed E-state index contributed by atoms with van der Waals surface area (Å²) in [6.07, 6.45) is 4.90. The van der Waals surface area contributed by atoms with Crippen LogP contribution < -0.4 is 5.56 Å². The standard InChI is InChI=1S/C13H14N4O2/c18-11-6-9-5-8(3-4-10(9)15-16-11)13-14-12(17-19-13)7-1-2-7/h6-8H,1-5H2,(H,16,18)/t8-/m0/s1. The molecule has 0 aliphatic heterocycles. The van der Waals surface area contributed by atoms with Crippen molar-refractivity contribution in [3.63, 3.8) is 0 Å². The van der Waals surface area contributed by atoms with E-state index in [4.69, 9.17) is 4.52 Å². The number of hydrogen-bond donors (Lipinski definition) is 1. The highest BCUT2D eigenvalue weighted by molar-refractivity contribution is 5.24. The van der Waals surface area contributed by atoms with Gasteiger partial charge in [-0.3, -0.25) is 4.79 Å². The third-order valence-electron chi connectivity index (χ3n) is 3.92. The van der Waals surface area contributed by atoms with Crippen LogP contribution in [-0.4, -0.2) is 20.3 Å². The first-order valence-corrected chi connectivity index (χ1v) is 6.70. The van der Waals surface area contributed by atoms with Crippen LogP contribution in [-0.2, 0) is 12.8 Å².